The molecule has 120 valence electrons. The Balaban J connectivity index is 1.61. The maximum absolute atomic E-state index is 12.7. The molecule has 0 unspecified atom stereocenters. The van der Waals surface area contributed by atoms with E-state index in [0.717, 1.165) is 0 Å². The van der Waals surface area contributed by atoms with Crippen LogP contribution in [-0.4, -0.2) is 59.4 Å². The second kappa shape index (κ2) is 4.17. The van der Waals surface area contributed by atoms with Gasteiger partial charge in [0.2, 0.25) is 0 Å². The number of Topliss-reactive ketones (excluding diaryl/α,β-unsaturated/α-hetero) is 2. The second-order valence-electron chi connectivity index (χ2n) is 7.45. The lowest BCUT2D eigenvalue weighted by molar-refractivity contribution is -0.193. The molecule has 1 spiro atoms. The highest BCUT2D eigenvalue weighted by Gasteiger charge is 2.71. The minimum atomic E-state index is -1.10. The SMILES string of the molecule is O=C1C[C@@H]2OCC[C@@]23O[C@H]2[C@H](C(=O)C[C@@H]4OCC[C@@]42O)[C@H]3C1. The number of fused-ring (bicyclic) bond motifs is 4. The molecule has 22 heavy (non-hydrogen) atoms. The number of carbonyl (C=O) groups is 2. The van der Waals surface area contributed by atoms with E-state index < -0.39 is 29.3 Å². The topological polar surface area (TPSA) is 82.1 Å². The Morgan fingerprint density at radius 3 is 2.64 bits per heavy atom. The molecule has 3 aliphatic heterocycles. The average Bonchev–Trinajstić information content (AvgIpc) is 3.12. The van der Waals surface area contributed by atoms with Gasteiger partial charge in [-0.3, -0.25) is 9.59 Å². The van der Waals surface area contributed by atoms with Crippen LogP contribution in [0.1, 0.15) is 32.1 Å². The van der Waals surface area contributed by atoms with Gasteiger partial charge in [0, 0.05) is 44.6 Å². The van der Waals surface area contributed by atoms with Crippen LogP contribution in [0.3, 0.4) is 0 Å². The van der Waals surface area contributed by atoms with Crippen molar-refractivity contribution in [1.29, 1.82) is 0 Å². The van der Waals surface area contributed by atoms with Gasteiger partial charge in [0.25, 0.3) is 0 Å². The van der Waals surface area contributed by atoms with E-state index in [1.807, 2.05) is 0 Å². The Kier molecular flexibility index (Phi) is 2.58. The summed E-state index contributed by atoms with van der Waals surface area (Å²) in [6.07, 6.45) is 0.882. The summed E-state index contributed by atoms with van der Waals surface area (Å²) in [7, 11) is 0. The van der Waals surface area contributed by atoms with E-state index in [9.17, 15) is 14.7 Å². The van der Waals surface area contributed by atoms with E-state index >= 15 is 0 Å². The molecule has 5 rings (SSSR count). The first-order valence-corrected chi connectivity index (χ1v) is 8.22. The fourth-order valence-electron chi connectivity index (χ4n) is 5.56. The van der Waals surface area contributed by atoms with Gasteiger partial charge in [0.1, 0.15) is 22.8 Å². The summed E-state index contributed by atoms with van der Waals surface area (Å²) < 4.78 is 17.7. The van der Waals surface area contributed by atoms with E-state index in [1.54, 1.807) is 0 Å². The monoisotopic (exact) mass is 308 g/mol. The molecule has 0 radical (unpaired) electrons. The van der Waals surface area contributed by atoms with Crippen molar-refractivity contribution in [1.82, 2.24) is 0 Å². The number of ether oxygens (including phenoxy) is 3. The Morgan fingerprint density at radius 2 is 1.77 bits per heavy atom. The minimum Gasteiger partial charge on any atom is -0.384 e. The van der Waals surface area contributed by atoms with Crippen molar-refractivity contribution in [2.75, 3.05) is 13.2 Å². The van der Waals surface area contributed by atoms with Crippen LogP contribution in [0.2, 0.25) is 0 Å². The molecule has 0 aromatic heterocycles. The molecule has 3 saturated heterocycles. The van der Waals surface area contributed by atoms with Crippen molar-refractivity contribution in [3.63, 3.8) is 0 Å². The Bertz CT molecular complexity index is 561. The lowest BCUT2D eigenvalue weighted by atomic mass is 9.62. The van der Waals surface area contributed by atoms with Crippen molar-refractivity contribution in [2.24, 2.45) is 11.8 Å². The van der Waals surface area contributed by atoms with Gasteiger partial charge in [-0.15, -0.1) is 0 Å². The quantitative estimate of drug-likeness (QED) is 0.678. The van der Waals surface area contributed by atoms with Gasteiger partial charge in [-0.2, -0.15) is 0 Å². The molecule has 0 aromatic carbocycles. The lowest BCUT2D eigenvalue weighted by Crippen LogP contribution is -2.58. The van der Waals surface area contributed by atoms with Gasteiger partial charge in [-0.25, -0.2) is 0 Å². The highest BCUT2D eigenvalue weighted by atomic mass is 16.6. The average molecular weight is 308 g/mol. The molecular weight excluding hydrogens is 288 g/mol. The Labute approximate surface area is 128 Å². The zero-order valence-corrected chi connectivity index (χ0v) is 12.3. The molecule has 7 atom stereocenters. The van der Waals surface area contributed by atoms with Crippen LogP contribution in [0.4, 0.5) is 0 Å². The van der Waals surface area contributed by atoms with Crippen LogP contribution in [0.25, 0.3) is 0 Å². The lowest BCUT2D eigenvalue weighted by Gasteiger charge is -2.41. The molecule has 1 N–H and O–H groups in total. The highest BCUT2D eigenvalue weighted by molar-refractivity contribution is 5.87. The summed E-state index contributed by atoms with van der Waals surface area (Å²) >= 11 is 0. The maximum atomic E-state index is 12.7. The van der Waals surface area contributed by atoms with Crippen molar-refractivity contribution in [3.8, 4) is 0 Å². The van der Waals surface area contributed by atoms with Crippen LogP contribution in [-0.2, 0) is 23.8 Å². The van der Waals surface area contributed by atoms with Crippen molar-refractivity contribution in [2.45, 2.75) is 61.6 Å². The van der Waals surface area contributed by atoms with Gasteiger partial charge >= 0.3 is 0 Å². The van der Waals surface area contributed by atoms with Crippen molar-refractivity contribution >= 4 is 11.6 Å². The summed E-state index contributed by atoms with van der Waals surface area (Å²) in [5.74, 6) is -0.328. The molecule has 6 nitrogen and oxygen atoms in total. The van der Waals surface area contributed by atoms with E-state index in [0.29, 0.717) is 38.9 Å². The number of aliphatic hydroxyl groups is 1. The fraction of sp³-hybridized carbons (Fsp3) is 0.875. The first-order chi connectivity index (χ1) is 10.5. The van der Waals surface area contributed by atoms with Crippen LogP contribution < -0.4 is 0 Å². The summed E-state index contributed by atoms with van der Waals surface area (Å²) in [5, 5.41) is 11.1. The normalized spacial score (nSPS) is 56.5. The summed E-state index contributed by atoms with van der Waals surface area (Å²) in [6, 6.07) is 0. The molecule has 0 bridgehead atoms. The molecule has 6 heteroatoms. The summed E-state index contributed by atoms with van der Waals surface area (Å²) in [6.45, 7) is 1.01. The fourth-order valence-corrected chi connectivity index (χ4v) is 5.56. The van der Waals surface area contributed by atoms with E-state index in [2.05, 4.69) is 0 Å². The smallest absolute Gasteiger partial charge is 0.141 e. The molecule has 5 fully saturated rings. The Morgan fingerprint density at radius 1 is 1.00 bits per heavy atom. The van der Waals surface area contributed by atoms with E-state index in [4.69, 9.17) is 14.2 Å². The van der Waals surface area contributed by atoms with Crippen LogP contribution in [0, 0.1) is 11.8 Å². The maximum Gasteiger partial charge on any atom is 0.141 e. The van der Waals surface area contributed by atoms with Crippen LogP contribution >= 0.6 is 0 Å². The molecule has 2 saturated carbocycles. The molecule has 0 aromatic rings. The summed E-state index contributed by atoms with van der Waals surface area (Å²) in [4.78, 5) is 24.8. The second-order valence-corrected chi connectivity index (χ2v) is 7.45. The van der Waals surface area contributed by atoms with Gasteiger partial charge in [-0.05, 0) is 0 Å². The number of carbonyl (C=O) groups excluding carboxylic acids is 2. The zero-order chi connectivity index (χ0) is 15.1. The third-order valence-electron chi connectivity index (χ3n) is 6.58. The molecule has 3 heterocycles. The predicted octanol–water partition coefficient (Wildman–Crippen LogP) is 0.001000. The van der Waals surface area contributed by atoms with Crippen molar-refractivity contribution < 1.29 is 28.9 Å². The predicted molar refractivity (Wildman–Crippen MR) is 72.1 cm³/mol. The highest BCUT2D eigenvalue weighted by Crippen LogP contribution is 2.59. The molecule has 5 aliphatic rings. The van der Waals surface area contributed by atoms with Gasteiger partial charge in [-0.1, -0.05) is 0 Å². The minimum absolute atomic E-state index is 0.0730. The van der Waals surface area contributed by atoms with Gasteiger partial charge in [0.05, 0.1) is 30.8 Å². The van der Waals surface area contributed by atoms with Crippen molar-refractivity contribution in [3.05, 3.63) is 0 Å². The van der Waals surface area contributed by atoms with Crippen LogP contribution in [0.5, 0.6) is 0 Å². The third-order valence-corrected chi connectivity index (χ3v) is 6.58. The third kappa shape index (κ3) is 1.45. The Hall–Kier alpha value is -0.820. The van der Waals surface area contributed by atoms with Crippen LogP contribution in [0.15, 0.2) is 0 Å². The largest absolute Gasteiger partial charge is 0.384 e. The number of ketones is 2. The summed E-state index contributed by atoms with van der Waals surface area (Å²) in [5.41, 5.74) is -1.66. The number of hydrogen-bond acceptors (Lipinski definition) is 6. The van der Waals surface area contributed by atoms with Gasteiger partial charge < -0.3 is 19.3 Å². The molecular formula is C16H20O6. The molecule has 0 amide bonds. The van der Waals surface area contributed by atoms with E-state index in [1.165, 1.54) is 0 Å². The van der Waals surface area contributed by atoms with Gasteiger partial charge in [0.15, 0.2) is 0 Å². The first-order valence-electron chi connectivity index (χ1n) is 8.22. The first kappa shape index (κ1) is 13.6. The number of rotatable bonds is 0. The number of hydrogen-bond donors (Lipinski definition) is 1. The zero-order valence-electron chi connectivity index (χ0n) is 12.3. The van der Waals surface area contributed by atoms with E-state index in [-0.39, 0.29) is 30.0 Å². The standard InChI is InChI=1S/C16H20O6/c17-8-5-9-13-10(18)7-11-15(19,1-3-20-11)14(13)22-16(9)2-4-21-12(16)6-8/h9,11-14,19H,1-7H2/t9-,11+,12+,13+,14+,15-,16+/m1/s1. The molecule has 2 aliphatic carbocycles.